The summed E-state index contributed by atoms with van der Waals surface area (Å²) < 4.78 is 15.6. The predicted octanol–water partition coefficient (Wildman–Crippen LogP) is 4.67. The summed E-state index contributed by atoms with van der Waals surface area (Å²) in [5.74, 6) is 0.110. The zero-order valence-corrected chi connectivity index (χ0v) is 18.9. The van der Waals surface area contributed by atoms with Crippen LogP contribution in [0, 0.1) is 12.7 Å². The average molecular weight is 468 g/mol. The molecule has 8 nitrogen and oxygen atoms in total. The molecule has 2 amide bonds. The highest BCUT2D eigenvalue weighted by molar-refractivity contribution is 5.90. The normalized spacial score (nSPS) is 10.9. The average Bonchev–Trinajstić information content (AvgIpc) is 3.26. The van der Waals surface area contributed by atoms with Gasteiger partial charge in [0.2, 0.25) is 0 Å². The van der Waals surface area contributed by atoms with Crippen molar-refractivity contribution in [2.45, 2.75) is 13.3 Å². The van der Waals surface area contributed by atoms with Crippen molar-refractivity contribution < 1.29 is 9.18 Å². The van der Waals surface area contributed by atoms with Gasteiger partial charge in [0.05, 0.1) is 5.69 Å². The van der Waals surface area contributed by atoms with E-state index in [4.69, 9.17) is 4.98 Å². The molecule has 0 spiro atoms. The number of rotatable bonds is 6. The van der Waals surface area contributed by atoms with Crippen LogP contribution in [0.1, 0.15) is 11.1 Å². The Morgan fingerprint density at radius 2 is 1.86 bits per heavy atom. The van der Waals surface area contributed by atoms with Crippen LogP contribution in [0.25, 0.3) is 28.2 Å². The summed E-state index contributed by atoms with van der Waals surface area (Å²) in [6.07, 6.45) is 7.43. The molecule has 1 aromatic carbocycles. The standard InChI is InChI=1S/C26H22FN7O/c1-17-15-19(4-5-21(17)27)24-25(34-23(33-24)3-2-10-31-34)20-9-14-29-22(16-20)32-26(35)30-13-8-18-6-11-28-12-7-18/h2-7,9-12,14-16H,8,13H2,1H3,(H2,29,30,32,35). The van der Waals surface area contributed by atoms with Crippen molar-refractivity contribution in [3.8, 4) is 22.5 Å². The zero-order chi connectivity index (χ0) is 24.2. The van der Waals surface area contributed by atoms with Crippen LogP contribution in [0.2, 0.25) is 0 Å². The van der Waals surface area contributed by atoms with E-state index in [9.17, 15) is 9.18 Å². The van der Waals surface area contributed by atoms with Gasteiger partial charge in [-0.1, -0.05) is 0 Å². The van der Waals surface area contributed by atoms with Crippen molar-refractivity contribution in [3.05, 3.63) is 96.3 Å². The number of amides is 2. The van der Waals surface area contributed by atoms with Gasteiger partial charge >= 0.3 is 6.03 Å². The molecule has 35 heavy (non-hydrogen) atoms. The van der Waals surface area contributed by atoms with Crippen LogP contribution in [0.3, 0.4) is 0 Å². The van der Waals surface area contributed by atoms with E-state index in [0.29, 0.717) is 35.7 Å². The highest BCUT2D eigenvalue weighted by atomic mass is 19.1. The van der Waals surface area contributed by atoms with Crippen molar-refractivity contribution in [3.63, 3.8) is 0 Å². The van der Waals surface area contributed by atoms with Crippen molar-refractivity contribution in [1.82, 2.24) is 29.9 Å². The Bertz CT molecular complexity index is 1500. The minimum absolute atomic E-state index is 0.275. The molecule has 5 rings (SSSR count). The molecule has 0 unspecified atom stereocenters. The minimum Gasteiger partial charge on any atom is -0.337 e. The van der Waals surface area contributed by atoms with Gasteiger partial charge in [0, 0.05) is 42.5 Å². The molecule has 2 N–H and O–H groups in total. The fraction of sp³-hybridized carbons (Fsp3) is 0.115. The molecule has 0 saturated carbocycles. The van der Waals surface area contributed by atoms with Gasteiger partial charge < -0.3 is 5.32 Å². The molecule has 174 valence electrons. The predicted molar refractivity (Wildman–Crippen MR) is 131 cm³/mol. The fourth-order valence-electron chi connectivity index (χ4n) is 3.82. The molecule has 0 fully saturated rings. The zero-order valence-electron chi connectivity index (χ0n) is 18.9. The first-order valence-electron chi connectivity index (χ1n) is 11.1. The maximum atomic E-state index is 13.9. The number of imidazole rings is 1. The van der Waals surface area contributed by atoms with Crippen LogP contribution in [-0.4, -0.2) is 37.1 Å². The number of carbonyl (C=O) groups is 1. The monoisotopic (exact) mass is 467 g/mol. The number of anilines is 1. The number of aryl methyl sites for hydroxylation is 1. The highest BCUT2D eigenvalue weighted by Gasteiger charge is 2.18. The summed E-state index contributed by atoms with van der Waals surface area (Å²) in [4.78, 5) is 25.4. The Labute approximate surface area is 200 Å². The number of fused-ring (bicyclic) bond motifs is 1. The number of nitrogens with zero attached hydrogens (tertiary/aromatic N) is 5. The summed E-state index contributed by atoms with van der Waals surface area (Å²) in [5.41, 5.74) is 5.17. The number of carbonyl (C=O) groups excluding carboxylic acids is 1. The minimum atomic E-state index is -0.352. The van der Waals surface area contributed by atoms with Crippen LogP contribution in [0.15, 0.2) is 79.4 Å². The van der Waals surface area contributed by atoms with Crippen LogP contribution >= 0.6 is 0 Å². The Balaban J connectivity index is 1.41. The lowest BCUT2D eigenvalue weighted by Crippen LogP contribution is -2.30. The van der Waals surface area contributed by atoms with Crippen molar-refractivity contribution in [2.75, 3.05) is 11.9 Å². The second-order valence-electron chi connectivity index (χ2n) is 7.98. The molecule has 4 aromatic heterocycles. The molecular formula is C26H22FN7O. The molecule has 0 atom stereocenters. The van der Waals surface area contributed by atoms with Gasteiger partial charge in [-0.3, -0.25) is 10.3 Å². The molecule has 0 aliphatic rings. The van der Waals surface area contributed by atoms with Gasteiger partial charge in [-0.05, 0) is 79.1 Å². The van der Waals surface area contributed by atoms with E-state index in [1.165, 1.54) is 6.07 Å². The molecule has 0 aliphatic heterocycles. The van der Waals surface area contributed by atoms with E-state index in [2.05, 4.69) is 25.7 Å². The quantitative estimate of drug-likeness (QED) is 0.378. The van der Waals surface area contributed by atoms with Crippen molar-refractivity contribution in [2.24, 2.45) is 0 Å². The summed E-state index contributed by atoms with van der Waals surface area (Å²) in [6, 6.07) is 15.6. The van der Waals surface area contributed by atoms with Gasteiger partial charge in [-0.25, -0.2) is 23.7 Å². The van der Waals surface area contributed by atoms with E-state index >= 15 is 0 Å². The number of pyridine rings is 2. The smallest absolute Gasteiger partial charge is 0.320 e. The molecular weight excluding hydrogens is 445 g/mol. The van der Waals surface area contributed by atoms with Gasteiger partial charge in [0.25, 0.3) is 0 Å². The SMILES string of the molecule is Cc1cc(-c2nc3cccnn3c2-c2ccnc(NC(=O)NCCc3ccncc3)c2)ccc1F. The molecule has 9 heteroatoms. The van der Waals surface area contributed by atoms with E-state index in [0.717, 1.165) is 22.4 Å². The molecule has 4 heterocycles. The molecule has 0 aliphatic carbocycles. The van der Waals surface area contributed by atoms with Gasteiger partial charge in [0.15, 0.2) is 5.65 Å². The number of benzene rings is 1. The summed E-state index contributed by atoms with van der Waals surface area (Å²) in [6.45, 7) is 2.19. The van der Waals surface area contributed by atoms with Gasteiger partial charge in [-0.15, -0.1) is 0 Å². The number of hydrogen-bond acceptors (Lipinski definition) is 5. The lowest BCUT2D eigenvalue weighted by molar-refractivity contribution is 0.252. The van der Waals surface area contributed by atoms with Crippen LogP contribution < -0.4 is 10.6 Å². The van der Waals surface area contributed by atoms with Crippen LogP contribution in [-0.2, 0) is 6.42 Å². The second-order valence-corrected chi connectivity index (χ2v) is 7.98. The molecule has 0 bridgehead atoms. The first-order chi connectivity index (χ1) is 17.1. The van der Waals surface area contributed by atoms with E-state index < -0.39 is 0 Å². The highest BCUT2D eigenvalue weighted by Crippen LogP contribution is 2.33. The molecule has 0 saturated heterocycles. The lowest BCUT2D eigenvalue weighted by Gasteiger charge is -2.10. The number of aromatic nitrogens is 5. The number of halogens is 1. The Hall–Kier alpha value is -4.66. The van der Waals surface area contributed by atoms with Gasteiger partial charge in [-0.2, -0.15) is 5.10 Å². The first-order valence-corrected chi connectivity index (χ1v) is 11.1. The third-order valence-corrected chi connectivity index (χ3v) is 5.55. The van der Waals surface area contributed by atoms with E-state index in [1.807, 2.05) is 30.3 Å². The molecule has 0 radical (unpaired) electrons. The third-order valence-electron chi connectivity index (χ3n) is 5.55. The second kappa shape index (κ2) is 9.68. The van der Waals surface area contributed by atoms with Crippen LogP contribution in [0.5, 0.6) is 0 Å². The number of nitrogens with one attached hydrogen (secondary N) is 2. The fourth-order valence-corrected chi connectivity index (χ4v) is 3.82. The largest absolute Gasteiger partial charge is 0.337 e. The Morgan fingerprint density at radius 1 is 1.00 bits per heavy atom. The number of urea groups is 1. The van der Waals surface area contributed by atoms with E-state index in [-0.39, 0.29) is 11.8 Å². The maximum Gasteiger partial charge on any atom is 0.320 e. The van der Waals surface area contributed by atoms with Crippen LogP contribution in [0.4, 0.5) is 15.0 Å². The van der Waals surface area contributed by atoms with Crippen molar-refractivity contribution in [1.29, 1.82) is 0 Å². The Morgan fingerprint density at radius 3 is 2.69 bits per heavy atom. The summed E-state index contributed by atoms with van der Waals surface area (Å²) in [5, 5.41) is 10.1. The summed E-state index contributed by atoms with van der Waals surface area (Å²) in [7, 11) is 0. The Kier molecular flexibility index (Phi) is 6.13. The topological polar surface area (TPSA) is 97.1 Å². The summed E-state index contributed by atoms with van der Waals surface area (Å²) >= 11 is 0. The third kappa shape index (κ3) is 4.84. The molecule has 5 aromatic rings. The number of hydrogen-bond donors (Lipinski definition) is 2. The maximum absolute atomic E-state index is 13.9. The van der Waals surface area contributed by atoms with E-state index in [1.54, 1.807) is 54.4 Å². The lowest BCUT2D eigenvalue weighted by atomic mass is 10.0. The first kappa shape index (κ1) is 22.1. The van der Waals surface area contributed by atoms with Crippen molar-refractivity contribution >= 4 is 17.5 Å². The van der Waals surface area contributed by atoms with Gasteiger partial charge in [0.1, 0.15) is 17.3 Å².